The van der Waals surface area contributed by atoms with Crippen LogP contribution in [-0.4, -0.2) is 68.0 Å². The Morgan fingerprint density at radius 1 is 0.714 bits per heavy atom. The summed E-state index contributed by atoms with van der Waals surface area (Å²) >= 11 is 0. The third-order valence-corrected chi connectivity index (χ3v) is 8.00. The van der Waals surface area contributed by atoms with Gasteiger partial charge in [0.05, 0.1) is 33.9 Å². The Morgan fingerprint density at radius 3 is 1.83 bits per heavy atom. The molecule has 7 heteroatoms. The topological polar surface area (TPSA) is 72.8 Å². The number of carbonyl (C=O) groups is 2. The minimum absolute atomic E-state index is 0. The minimum Gasteiger partial charge on any atom is -1.00 e. The maximum absolute atomic E-state index is 12.9. The van der Waals surface area contributed by atoms with Crippen LogP contribution >= 0.6 is 0 Å². The number of hydrogen-bond acceptors (Lipinski definition) is 5. The van der Waals surface area contributed by atoms with Crippen molar-refractivity contribution in [3.05, 3.63) is 12.2 Å². The van der Waals surface area contributed by atoms with Gasteiger partial charge in [0.1, 0.15) is 6.10 Å². The van der Waals surface area contributed by atoms with E-state index in [0.29, 0.717) is 30.3 Å². The van der Waals surface area contributed by atoms with Crippen molar-refractivity contribution < 1.29 is 45.6 Å². The number of nitrogens with zero attached hydrogens (tertiary/aromatic N) is 1. The highest BCUT2D eigenvalue weighted by Crippen LogP contribution is 2.17. The molecule has 0 aliphatic carbocycles. The number of esters is 2. The van der Waals surface area contributed by atoms with Crippen LogP contribution in [0.1, 0.15) is 155 Å². The highest BCUT2D eigenvalue weighted by molar-refractivity contribution is 5.70. The summed E-state index contributed by atoms with van der Waals surface area (Å²) in [6, 6.07) is 0. The predicted molar refractivity (Wildman–Crippen MR) is 172 cm³/mol. The van der Waals surface area contributed by atoms with Crippen LogP contribution in [0.25, 0.3) is 0 Å². The molecule has 0 saturated heterocycles. The van der Waals surface area contributed by atoms with Crippen LogP contribution in [0.2, 0.25) is 0 Å². The van der Waals surface area contributed by atoms with E-state index in [9.17, 15) is 14.7 Å². The van der Waals surface area contributed by atoms with Crippen LogP contribution < -0.4 is 17.0 Å². The normalized spacial score (nSPS) is 13.1. The van der Waals surface area contributed by atoms with Gasteiger partial charge in [0.2, 0.25) is 0 Å². The predicted octanol–water partition coefficient (Wildman–Crippen LogP) is 5.69. The SMILES string of the molecule is CCCCCCCCCCCC[N+](C)(C)CC(=O)OC(CCCCC)C(O)C/C=C/CCCCCCCC(=O)OC.[Br-]. The number of rotatable bonds is 29. The standard InChI is InChI=1S/C35H68NO5.BrH/c1-6-8-10-11-12-13-16-19-22-26-30-36(3,4)31-35(39)41-33(28-23-9-7-2)32(37)27-24-20-17-14-15-18-21-25-29-34(38)40-5;/h20,24,32-33,37H,6-19,21-23,25-31H2,1-5H3;1H/q+1;/p-1/b24-20+;. The van der Waals surface area contributed by atoms with Gasteiger partial charge >= 0.3 is 11.9 Å². The van der Waals surface area contributed by atoms with Crippen LogP contribution in [0.3, 0.4) is 0 Å². The van der Waals surface area contributed by atoms with Gasteiger partial charge < -0.3 is 36.0 Å². The second-order valence-electron chi connectivity index (χ2n) is 12.7. The van der Waals surface area contributed by atoms with Crippen molar-refractivity contribution in [1.29, 1.82) is 0 Å². The molecule has 2 unspecified atom stereocenters. The number of hydrogen-bond donors (Lipinski definition) is 1. The smallest absolute Gasteiger partial charge is 0.362 e. The molecule has 0 saturated carbocycles. The molecule has 1 N–H and O–H groups in total. The first-order valence-corrected chi connectivity index (χ1v) is 17.2. The number of likely N-dealkylation sites (N-methyl/N-ethyl adjacent to an activating group) is 1. The summed E-state index contributed by atoms with van der Waals surface area (Å²) in [6.45, 7) is 5.75. The Bertz CT molecular complexity index is 655. The van der Waals surface area contributed by atoms with Crippen molar-refractivity contribution in [1.82, 2.24) is 0 Å². The van der Waals surface area contributed by atoms with E-state index in [0.717, 1.165) is 70.8 Å². The van der Waals surface area contributed by atoms with Gasteiger partial charge in [0.15, 0.2) is 6.54 Å². The number of halogens is 1. The zero-order chi connectivity index (χ0) is 30.6. The molecule has 0 aliphatic rings. The second kappa shape index (κ2) is 30.1. The molecular weight excluding hydrogens is 594 g/mol. The molecule has 42 heavy (non-hydrogen) atoms. The molecule has 0 fully saturated rings. The third kappa shape index (κ3) is 27.9. The lowest BCUT2D eigenvalue weighted by Crippen LogP contribution is -3.00. The van der Waals surface area contributed by atoms with Gasteiger partial charge in [-0.2, -0.15) is 0 Å². The maximum atomic E-state index is 12.9. The first kappa shape index (κ1) is 43.2. The second-order valence-corrected chi connectivity index (χ2v) is 12.7. The van der Waals surface area contributed by atoms with E-state index in [1.54, 1.807) is 0 Å². The van der Waals surface area contributed by atoms with Crippen LogP contribution in [0, 0.1) is 0 Å². The summed E-state index contributed by atoms with van der Waals surface area (Å²) in [7, 11) is 5.66. The van der Waals surface area contributed by atoms with Crippen molar-refractivity contribution in [2.75, 3.05) is 34.3 Å². The number of methoxy groups -OCH3 is 1. The lowest BCUT2D eigenvalue weighted by molar-refractivity contribution is -0.883. The van der Waals surface area contributed by atoms with E-state index in [-0.39, 0.29) is 28.9 Å². The molecule has 6 nitrogen and oxygen atoms in total. The number of quaternary nitrogens is 1. The molecule has 0 aromatic carbocycles. The van der Waals surface area contributed by atoms with Crippen molar-refractivity contribution in [3.8, 4) is 0 Å². The van der Waals surface area contributed by atoms with Crippen molar-refractivity contribution >= 4 is 11.9 Å². The van der Waals surface area contributed by atoms with Crippen LogP contribution in [0.5, 0.6) is 0 Å². The number of allylic oxidation sites excluding steroid dienone is 1. The van der Waals surface area contributed by atoms with Gasteiger partial charge in [0, 0.05) is 6.42 Å². The fraction of sp³-hybridized carbons (Fsp3) is 0.886. The fourth-order valence-corrected chi connectivity index (χ4v) is 5.26. The van der Waals surface area contributed by atoms with Gasteiger partial charge in [-0.1, -0.05) is 109 Å². The molecule has 0 bridgehead atoms. The Kier molecular flexibility index (Phi) is 31.0. The van der Waals surface area contributed by atoms with Crippen molar-refractivity contribution in [2.45, 2.75) is 167 Å². The summed E-state index contributed by atoms with van der Waals surface area (Å²) in [5.41, 5.74) is 0. The highest BCUT2D eigenvalue weighted by atomic mass is 79.9. The lowest BCUT2D eigenvalue weighted by Gasteiger charge is -2.30. The number of aliphatic hydroxyl groups is 1. The largest absolute Gasteiger partial charge is 1.00 e. The van der Waals surface area contributed by atoms with E-state index in [1.165, 1.54) is 64.9 Å². The molecule has 0 aliphatic heterocycles. The third-order valence-electron chi connectivity index (χ3n) is 8.00. The van der Waals surface area contributed by atoms with Crippen LogP contribution in [0.15, 0.2) is 12.2 Å². The quantitative estimate of drug-likeness (QED) is 0.0483. The molecule has 0 aromatic heterocycles. The molecule has 0 aromatic rings. The average molecular weight is 663 g/mol. The van der Waals surface area contributed by atoms with E-state index in [4.69, 9.17) is 4.74 Å². The molecular formula is C35H68BrNO5. The molecule has 2 atom stereocenters. The Hall–Kier alpha value is -0.920. The number of ether oxygens (including phenoxy) is 2. The fourth-order valence-electron chi connectivity index (χ4n) is 5.26. The number of carbonyl (C=O) groups excluding carboxylic acids is 2. The zero-order valence-electron chi connectivity index (χ0n) is 28.2. The molecule has 0 amide bonds. The van der Waals surface area contributed by atoms with Gasteiger partial charge in [0.25, 0.3) is 0 Å². The molecule has 250 valence electrons. The van der Waals surface area contributed by atoms with Crippen molar-refractivity contribution in [3.63, 3.8) is 0 Å². The zero-order valence-corrected chi connectivity index (χ0v) is 29.8. The average Bonchev–Trinajstić information content (AvgIpc) is 2.93. The summed E-state index contributed by atoms with van der Waals surface area (Å²) in [5.74, 6) is -0.323. The number of unbranched alkanes of at least 4 members (excludes halogenated alkanes) is 16. The Balaban J connectivity index is 0. The summed E-state index contributed by atoms with van der Waals surface area (Å²) in [6.07, 6.45) is 27.4. The van der Waals surface area contributed by atoms with Crippen LogP contribution in [-0.2, 0) is 19.1 Å². The van der Waals surface area contributed by atoms with E-state index in [1.807, 2.05) is 6.08 Å². The lowest BCUT2D eigenvalue weighted by atomic mass is 10.0. The van der Waals surface area contributed by atoms with Crippen molar-refractivity contribution in [2.24, 2.45) is 0 Å². The Labute approximate surface area is 270 Å². The van der Waals surface area contributed by atoms with Crippen LogP contribution in [0.4, 0.5) is 0 Å². The minimum atomic E-state index is -0.664. The highest BCUT2D eigenvalue weighted by Gasteiger charge is 2.27. The monoisotopic (exact) mass is 661 g/mol. The van der Waals surface area contributed by atoms with E-state index < -0.39 is 12.2 Å². The summed E-state index contributed by atoms with van der Waals surface area (Å²) in [4.78, 5) is 24.0. The van der Waals surface area contributed by atoms with Gasteiger partial charge in [-0.15, -0.1) is 0 Å². The summed E-state index contributed by atoms with van der Waals surface area (Å²) in [5, 5.41) is 10.9. The first-order chi connectivity index (χ1) is 19.8. The van der Waals surface area contributed by atoms with Gasteiger partial charge in [-0.25, -0.2) is 4.79 Å². The van der Waals surface area contributed by atoms with E-state index >= 15 is 0 Å². The summed E-state index contributed by atoms with van der Waals surface area (Å²) < 4.78 is 11.2. The molecule has 0 heterocycles. The Morgan fingerprint density at radius 2 is 1.24 bits per heavy atom. The maximum Gasteiger partial charge on any atom is 0.362 e. The molecule has 0 radical (unpaired) electrons. The number of aliphatic hydroxyl groups excluding tert-OH is 1. The van der Waals surface area contributed by atoms with Gasteiger partial charge in [-0.05, 0) is 51.4 Å². The molecule has 0 spiro atoms. The molecule has 0 rings (SSSR count). The first-order valence-electron chi connectivity index (χ1n) is 17.2. The van der Waals surface area contributed by atoms with E-state index in [2.05, 4.69) is 38.8 Å². The van der Waals surface area contributed by atoms with Gasteiger partial charge in [-0.3, -0.25) is 4.79 Å².